The number of hydrogen-bond donors (Lipinski definition) is 0. The van der Waals surface area contributed by atoms with Gasteiger partial charge in [0.25, 0.3) is 5.91 Å². The number of rotatable bonds is 4. The first-order chi connectivity index (χ1) is 11.1. The van der Waals surface area contributed by atoms with Crippen LogP contribution in [0, 0.1) is 5.92 Å². The quantitative estimate of drug-likeness (QED) is 0.871. The summed E-state index contributed by atoms with van der Waals surface area (Å²) in [5.74, 6) is 1.24. The molecule has 0 saturated carbocycles. The van der Waals surface area contributed by atoms with E-state index in [1.807, 2.05) is 35.2 Å². The molecule has 0 bridgehead atoms. The van der Waals surface area contributed by atoms with Crippen molar-refractivity contribution in [2.75, 3.05) is 32.7 Å². The van der Waals surface area contributed by atoms with Gasteiger partial charge in [0, 0.05) is 44.4 Å². The lowest BCUT2D eigenvalue weighted by atomic mass is 10.1. The number of benzene rings is 1. The Balaban J connectivity index is 1.62. The minimum absolute atomic E-state index is 0.0415. The number of nitrogens with zero attached hydrogens (tertiary/aromatic N) is 3. The molecular formula is C18H23N3O2. The summed E-state index contributed by atoms with van der Waals surface area (Å²) in [6.07, 6.45) is 0. The van der Waals surface area contributed by atoms with Crippen LogP contribution in [0.3, 0.4) is 0 Å². The van der Waals surface area contributed by atoms with E-state index >= 15 is 0 Å². The first-order valence-electron chi connectivity index (χ1n) is 8.17. The molecule has 3 rings (SSSR count). The van der Waals surface area contributed by atoms with E-state index in [0.717, 1.165) is 38.3 Å². The van der Waals surface area contributed by atoms with Crippen molar-refractivity contribution in [3.8, 4) is 11.3 Å². The first-order valence-corrected chi connectivity index (χ1v) is 8.17. The van der Waals surface area contributed by atoms with Gasteiger partial charge in [-0.1, -0.05) is 49.3 Å². The second-order valence-corrected chi connectivity index (χ2v) is 6.43. The van der Waals surface area contributed by atoms with E-state index in [4.69, 9.17) is 4.52 Å². The zero-order chi connectivity index (χ0) is 16.2. The van der Waals surface area contributed by atoms with Gasteiger partial charge in [-0.05, 0) is 5.92 Å². The highest BCUT2D eigenvalue weighted by molar-refractivity contribution is 5.93. The molecule has 0 aliphatic carbocycles. The van der Waals surface area contributed by atoms with Crippen LogP contribution in [-0.2, 0) is 0 Å². The van der Waals surface area contributed by atoms with Gasteiger partial charge in [-0.25, -0.2) is 0 Å². The van der Waals surface area contributed by atoms with Gasteiger partial charge in [0.05, 0.1) is 0 Å². The van der Waals surface area contributed by atoms with E-state index in [1.54, 1.807) is 6.07 Å². The molecule has 0 atom stereocenters. The molecule has 5 heteroatoms. The van der Waals surface area contributed by atoms with Crippen molar-refractivity contribution in [2.24, 2.45) is 5.92 Å². The molecule has 1 amide bonds. The Morgan fingerprint density at radius 3 is 2.52 bits per heavy atom. The number of carbonyl (C=O) groups is 1. The third-order valence-corrected chi connectivity index (χ3v) is 4.07. The van der Waals surface area contributed by atoms with Crippen LogP contribution in [0.4, 0.5) is 0 Å². The second kappa shape index (κ2) is 6.96. The van der Waals surface area contributed by atoms with Crippen LogP contribution in [0.15, 0.2) is 40.9 Å². The Bertz CT molecular complexity index is 643. The molecule has 5 nitrogen and oxygen atoms in total. The molecule has 2 heterocycles. The maximum atomic E-state index is 12.6. The molecule has 122 valence electrons. The summed E-state index contributed by atoms with van der Waals surface area (Å²) < 4.78 is 5.33. The summed E-state index contributed by atoms with van der Waals surface area (Å²) in [4.78, 5) is 16.8. The van der Waals surface area contributed by atoms with Gasteiger partial charge in [-0.2, -0.15) is 0 Å². The van der Waals surface area contributed by atoms with E-state index < -0.39 is 0 Å². The fourth-order valence-electron chi connectivity index (χ4n) is 2.93. The molecule has 2 aromatic rings. The van der Waals surface area contributed by atoms with Crippen molar-refractivity contribution < 1.29 is 9.32 Å². The van der Waals surface area contributed by atoms with E-state index in [2.05, 4.69) is 23.9 Å². The predicted octanol–water partition coefficient (Wildman–Crippen LogP) is 2.76. The smallest absolute Gasteiger partial charge is 0.276 e. The van der Waals surface area contributed by atoms with E-state index in [0.29, 0.717) is 17.4 Å². The largest absolute Gasteiger partial charge is 0.355 e. The summed E-state index contributed by atoms with van der Waals surface area (Å²) in [5.41, 5.74) is 1.32. The van der Waals surface area contributed by atoms with Crippen molar-refractivity contribution >= 4 is 5.91 Å². The molecule has 1 saturated heterocycles. The monoisotopic (exact) mass is 313 g/mol. The minimum Gasteiger partial charge on any atom is -0.355 e. The Morgan fingerprint density at radius 1 is 1.17 bits per heavy atom. The third kappa shape index (κ3) is 3.79. The molecule has 0 N–H and O–H groups in total. The zero-order valence-electron chi connectivity index (χ0n) is 13.7. The van der Waals surface area contributed by atoms with E-state index in [-0.39, 0.29) is 5.91 Å². The number of hydrogen-bond acceptors (Lipinski definition) is 4. The van der Waals surface area contributed by atoms with Crippen LogP contribution in [0.5, 0.6) is 0 Å². The lowest BCUT2D eigenvalue weighted by Gasteiger charge is -2.35. The fraction of sp³-hybridized carbons (Fsp3) is 0.444. The summed E-state index contributed by atoms with van der Waals surface area (Å²) in [5, 5.41) is 3.96. The third-order valence-electron chi connectivity index (χ3n) is 4.07. The van der Waals surface area contributed by atoms with Gasteiger partial charge < -0.3 is 9.42 Å². The van der Waals surface area contributed by atoms with E-state index in [9.17, 15) is 4.79 Å². The molecule has 0 spiro atoms. The number of piperazine rings is 1. The normalized spacial score (nSPS) is 16.0. The topological polar surface area (TPSA) is 49.6 Å². The van der Waals surface area contributed by atoms with Gasteiger partial charge in [0.15, 0.2) is 11.5 Å². The predicted molar refractivity (Wildman–Crippen MR) is 89.1 cm³/mol. The summed E-state index contributed by atoms with van der Waals surface area (Å²) in [7, 11) is 0. The fourth-order valence-corrected chi connectivity index (χ4v) is 2.93. The van der Waals surface area contributed by atoms with Crippen LogP contribution >= 0.6 is 0 Å². The lowest BCUT2D eigenvalue weighted by molar-refractivity contribution is 0.0614. The first kappa shape index (κ1) is 15.7. The van der Waals surface area contributed by atoms with Crippen LogP contribution in [0.2, 0.25) is 0 Å². The van der Waals surface area contributed by atoms with Gasteiger partial charge in [0.2, 0.25) is 0 Å². The van der Waals surface area contributed by atoms with Crippen molar-refractivity contribution in [1.29, 1.82) is 0 Å². The maximum Gasteiger partial charge on any atom is 0.276 e. The molecule has 0 unspecified atom stereocenters. The highest BCUT2D eigenvalue weighted by atomic mass is 16.5. The van der Waals surface area contributed by atoms with Crippen LogP contribution in [0.1, 0.15) is 24.3 Å². The number of aromatic nitrogens is 1. The standard InChI is InChI=1S/C18H23N3O2/c1-14(2)13-20-8-10-21(11-9-20)18(22)16-12-17(23-19-16)15-6-4-3-5-7-15/h3-7,12,14H,8-11,13H2,1-2H3. The van der Waals surface area contributed by atoms with Gasteiger partial charge in [-0.15, -0.1) is 0 Å². The van der Waals surface area contributed by atoms with Crippen molar-refractivity contribution in [1.82, 2.24) is 15.0 Å². The molecule has 1 aliphatic heterocycles. The Labute approximate surface area is 136 Å². The highest BCUT2D eigenvalue weighted by Gasteiger charge is 2.24. The zero-order valence-corrected chi connectivity index (χ0v) is 13.7. The SMILES string of the molecule is CC(C)CN1CCN(C(=O)c2cc(-c3ccccc3)on2)CC1. The average Bonchev–Trinajstić information content (AvgIpc) is 3.05. The summed E-state index contributed by atoms with van der Waals surface area (Å²) >= 11 is 0. The molecule has 1 aromatic carbocycles. The summed E-state index contributed by atoms with van der Waals surface area (Å²) in [6.45, 7) is 8.87. The van der Waals surface area contributed by atoms with E-state index in [1.165, 1.54) is 0 Å². The lowest BCUT2D eigenvalue weighted by Crippen LogP contribution is -2.49. The van der Waals surface area contributed by atoms with Crippen LogP contribution in [0.25, 0.3) is 11.3 Å². The Hall–Kier alpha value is -2.14. The highest BCUT2D eigenvalue weighted by Crippen LogP contribution is 2.20. The van der Waals surface area contributed by atoms with Crippen LogP contribution < -0.4 is 0 Å². The second-order valence-electron chi connectivity index (χ2n) is 6.43. The molecule has 0 radical (unpaired) electrons. The Kier molecular flexibility index (Phi) is 4.76. The summed E-state index contributed by atoms with van der Waals surface area (Å²) in [6, 6.07) is 11.4. The molecule has 1 aliphatic rings. The minimum atomic E-state index is -0.0415. The van der Waals surface area contributed by atoms with Gasteiger partial charge in [-0.3, -0.25) is 9.69 Å². The van der Waals surface area contributed by atoms with Crippen molar-refractivity contribution in [3.63, 3.8) is 0 Å². The molecule has 23 heavy (non-hydrogen) atoms. The van der Waals surface area contributed by atoms with Gasteiger partial charge >= 0.3 is 0 Å². The molecule has 1 fully saturated rings. The number of amides is 1. The average molecular weight is 313 g/mol. The van der Waals surface area contributed by atoms with Crippen LogP contribution in [-0.4, -0.2) is 53.6 Å². The molecule has 1 aromatic heterocycles. The maximum absolute atomic E-state index is 12.6. The van der Waals surface area contributed by atoms with Crippen molar-refractivity contribution in [3.05, 3.63) is 42.1 Å². The van der Waals surface area contributed by atoms with Crippen molar-refractivity contribution in [2.45, 2.75) is 13.8 Å². The van der Waals surface area contributed by atoms with Gasteiger partial charge in [0.1, 0.15) is 0 Å². The number of carbonyl (C=O) groups excluding carboxylic acids is 1. The Morgan fingerprint density at radius 2 is 1.87 bits per heavy atom. The molecular weight excluding hydrogens is 290 g/mol.